The third-order valence-electron chi connectivity index (χ3n) is 5.32. The number of carboxylic acids is 1. The Bertz CT molecular complexity index is 975. The summed E-state index contributed by atoms with van der Waals surface area (Å²) in [5.74, 6) is -1.60. The molecular formula is C23H25F3N2O4S. The summed E-state index contributed by atoms with van der Waals surface area (Å²) >= 11 is 1.96. The lowest BCUT2D eigenvalue weighted by molar-refractivity contribution is -0.192. The molecule has 2 aliphatic heterocycles. The quantitative estimate of drug-likeness (QED) is 0.702. The van der Waals surface area contributed by atoms with Crippen molar-refractivity contribution in [2.75, 3.05) is 18.8 Å². The van der Waals surface area contributed by atoms with E-state index in [0.29, 0.717) is 6.61 Å². The van der Waals surface area contributed by atoms with Crippen LogP contribution in [0, 0.1) is 13.8 Å². The number of hydrogen-bond acceptors (Lipinski definition) is 5. The number of aliphatic carboxylic acids is 1. The highest BCUT2D eigenvalue weighted by atomic mass is 32.2. The van der Waals surface area contributed by atoms with Crippen LogP contribution in [0.25, 0.3) is 0 Å². The monoisotopic (exact) mass is 482 g/mol. The Morgan fingerprint density at radius 3 is 2.39 bits per heavy atom. The fraction of sp³-hybridized carbons (Fsp3) is 0.435. The number of halogens is 3. The van der Waals surface area contributed by atoms with Gasteiger partial charge in [0.05, 0.1) is 23.2 Å². The molecule has 3 heterocycles. The van der Waals surface area contributed by atoms with Gasteiger partial charge in [-0.1, -0.05) is 23.3 Å². The van der Waals surface area contributed by atoms with Crippen LogP contribution in [0.2, 0.25) is 0 Å². The summed E-state index contributed by atoms with van der Waals surface area (Å²) in [5, 5.41) is 7.12. The standard InChI is InChI=1S/C21H24N2O2S.C2HF3O2/c1-15-7-16(2)9-17(8-15)20(24)23-13-21(14-23)10-19(12-26-21)25-11-18-5-3-4-6-22-18;3-2(4,5)1(6)7/h3-9,19H,10-14H2,1-2H3;(H,6,7). The summed E-state index contributed by atoms with van der Waals surface area (Å²) in [6, 6.07) is 12.0. The maximum atomic E-state index is 12.7. The number of benzene rings is 1. The highest BCUT2D eigenvalue weighted by molar-refractivity contribution is 8.01. The highest BCUT2D eigenvalue weighted by Crippen LogP contribution is 2.46. The normalized spacial score (nSPS) is 18.9. The highest BCUT2D eigenvalue weighted by Gasteiger charge is 2.51. The van der Waals surface area contributed by atoms with Crippen LogP contribution in [-0.4, -0.2) is 62.7 Å². The number of ether oxygens (including phenoxy) is 1. The molecule has 1 atom stereocenters. The molecule has 178 valence electrons. The van der Waals surface area contributed by atoms with Crippen LogP contribution in [0.15, 0.2) is 42.6 Å². The molecule has 1 aromatic heterocycles. The van der Waals surface area contributed by atoms with Gasteiger partial charge in [0.2, 0.25) is 0 Å². The number of nitrogens with zero attached hydrogens (tertiary/aromatic N) is 2. The van der Waals surface area contributed by atoms with E-state index in [1.807, 2.05) is 60.8 Å². The van der Waals surface area contributed by atoms with E-state index in [1.54, 1.807) is 6.20 Å². The number of pyridine rings is 1. The van der Waals surface area contributed by atoms with Gasteiger partial charge in [0, 0.05) is 30.6 Å². The Labute approximate surface area is 194 Å². The molecule has 10 heteroatoms. The van der Waals surface area contributed by atoms with Crippen molar-refractivity contribution in [3.63, 3.8) is 0 Å². The first-order valence-corrected chi connectivity index (χ1v) is 11.3. The fourth-order valence-corrected chi connectivity index (χ4v) is 5.44. The first-order valence-electron chi connectivity index (χ1n) is 10.3. The zero-order valence-electron chi connectivity index (χ0n) is 18.3. The molecule has 1 aromatic carbocycles. The molecule has 0 saturated carbocycles. The van der Waals surface area contributed by atoms with Crippen LogP contribution in [0.4, 0.5) is 13.2 Å². The largest absolute Gasteiger partial charge is 0.490 e. The van der Waals surface area contributed by atoms with E-state index in [0.717, 1.165) is 47.6 Å². The maximum absolute atomic E-state index is 12.7. The first kappa shape index (κ1) is 25.0. The topological polar surface area (TPSA) is 79.7 Å². The van der Waals surface area contributed by atoms with Gasteiger partial charge in [-0.25, -0.2) is 4.79 Å². The number of amides is 1. The van der Waals surface area contributed by atoms with Crippen molar-refractivity contribution >= 4 is 23.6 Å². The van der Waals surface area contributed by atoms with Crippen LogP contribution in [0.1, 0.15) is 33.6 Å². The van der Waals surface area contributed by atoms with Gasteiger partial charge in [0.25, 0.3) is 5.91 Å². The fourth-order valence-electron chi connectivity index (χ4n) is 3.89. The minimum absolute atomic E-state index is 0.154. The van der Waals surface area contributed by atoms with E-state index < -0.39 is 12.1 Å². The number of alkyl halides is 3. The molecule has 2 aliphatic rings. The third kappa shape index (κ3) is 6.70. The second kappa shape index (κ2) is 10.1. The molecule has 2 aromatic rings. The van der Waals surface area contributed by atoms with Gasteiger partial charge in [-0.3, -0.25) is 9.78 Å². The van der Waals surface area contributed by atoms with Crippen molar-refractivity contribution in [2.24, 2.45) is 0 Å². The van der Waals surface area contributed by atoms with Gasteiger partial charge >= 0.3 is 12.1 Å². The molecule has 1 amide bonds. The molecule has 6 nitrogen and oxygen atoms in total. The minimum atomic E-state index is -5.08. The summed E-state index contributed by atoms with van der Waals surface area (Å²) < 4.78 is 38.0. The number of carbonyl (C=O) groups excluding carboxylic acids is 1. The molecule has 0 bridgehead atoms. The number of aryl methyl sites for hydroxylation is 2. The van der Waals surface area contributed by atoms with Crippen molar-refractivity contribution in [3.8, 4) is 0 Å². The molecular weight excluding hydrogens is 457 g/mol. The van der Waals surface area contributed by atoms with Crippen molar-refractivity contribution in [2.45, 2.75) is 43.9 Å². The van der Waals surface area contributed by atoms with E-state index in [2.05, 4.69) is 11.1 Å². The predicted molar refractivity (Wildman–Crippen MR) is 118 cm³/mol. The molecule has 33 heavy (non-hydrogen) atoms. The molecule has 0 radical (unpaired) electrons. The summed E-state index contributed by atoms with van der Waals surface area (Å²) in [5.41, 5.74) is 4.06. The van der Waals surface area contributed by atoms with Gasteiger partial charge in [-0.2, -0.15) is 13.2 Å². The van der Waals surface area contributed by atoms with Crippen LogP contribution in [0.3, 0.4) is 0 Å². The number of likely N-dealkylation sites (tertiary alicyclic amines) is 1. The molecule has 1 N–H and O–H groups in total. The van der Waals surface area contributed by atoms with Gasteiger partial charge < -0.3 is 14.7 Å². The summed E-state index contributed by atoms with van der Waals surface area (Å²) in [6.07, 6.45) is -2.02. The number of carboxylic acid groups (broad SMARTS) is 1. The predicted octanol–water partition coefficient (Wildman–Crippen LogP) is 4.25. The Kier molecular flexibility index (Phi) is 7.69. The summed E-state index contributed by atoms with van der Waals surface area (Å²) in [6.45, 7) is 6.29. The van der Waals surface area contributed by atoms with Gasteiger partial charge in [0.1, 0.15) is 0 Å². The van der Waals surface area contributed by atoms with Crippen LogP contribution < -0.4 is 0 Å². The number of thioether (sulfide) groups is 1. The Balaban J connectivity index is 0.000000383. The van der Waals surface area contributed by atoms with E-state index in [-0.39, 0.29) is 16.8 Å². The number of aromatic nitrogens is 1. The lowest BCUT2D eigenvalue weighted by Crippen LogP contribution is -2.60. The van der Waals surface area contributed by atoms with Gasteiger partial charge in [0.15, 0.2) is 0 Å². The van der Waals surface area contributed by atoms with Crippen molar-refractivity contribution in [3.05, 3.63) is 65.0 Å². The van der Waals surface area contributed by atoms with Crippen molar-refractivity contribution in [1.29, 1.82) is 0 Å². The molecule has 1 unspecified atom stereocenters. The Morgan fingerprint density at radius 2 is 1.85 bits per heavy atom. The number of carbonyl (C=O) groups is 2. The third-order valence-corrected chi connectivity index (χ3v) is 6.90. The molecule has 2 fully saturated rings. The molecule has 4 rings (SSSR count). The second-order valence-electron chi connectivity index (χ2n) is 8.29. The summed E-state index contributed by atoms with van der Waals surface area (Å²) in [4.78, 5) is 27.9. The smallest absolute Gasteiger partial charge is 0.475 e. The van der Waals surface area contributed by atoms with Crippen LogP contribution in [-0.2, 0) is 16.1 Å². The van der Waals surface area contributed by atoms with E-state index in [4.69, 9.17) is 14.6 Å². The van der Waals surface area contributed by atoms with Crippen molar-refractivity contribution < 1.29 is 32.6 Å². The average Bonchev–Trinajstić information content (AvgIpc) is 3.15. The van der Waals surface area contributed by atoms with E-state index in [9.17, 15) is 18.0 Å². The van der Waals surface area contributed by atoms with Crippen molar-refractivity contribution in [1.82, 2.24) is 9.88 Å². The zero-order chi connectivity index (χ0) is 24.2. The molecule has 1 spiro atoms. The van der Waals surface area contributed by atoms with E-state index in [1.165, 1.54) is 0 Å². The van der Waals surface area contributed by atoms with Gasteiger partial charge in [-0.05, 0) is 44.5 Å². The SMILES string of the molecule is Cc1cc(C)cc(C(=O)N2CC3(CC(OCc4ccccn4)CS3)C2)c1.O=C(O)C(F)(F)F. The average molecular weight is 483 g/mol. The van der Waals surface area contributed by atoms with Gasteiger partial charge in [-0.15, -0.1) is 11.8 Å². The zero-order valence-corrected chi connectivity index (χ0v) is 19.1. The lowest BCUT2D eigenvalue weighted by Gasteiger charge is -2.47. The second-order valence-corrected chi connectivity index (χ2v) is 9.78. The first-order chi connectivity index (χ1) is 15.5. The number of rotatable bonds is 4. The minimum Gasteiger partial charge on any atom is -0.475 e. The Hall–Kier alpha value is -2.59. The molecule has 2 saturated heterocycles. The Morgan fingerprint density at radius 1 is 1.21 bits per heavy atom. The van der Waals surface area contributed by atoms with Crippen LogP contribution in [0.5, 0.6) is 0 Å². The maximum Gasteiger partial charge on any atom is 0.490 e. The molecule has 0 aliphatic carbocycles. The van der Waals surface area contributed by atoms with Crippen LogP contribution >= 0.6 is 11.8 Å². The van der Waals surface area contributed by atoms with E-state index >= 15 is 0 Å². The summed E-state index contributed by atoms with van der Waals surface area (Å²) in [7, 11) is 0. The lowest BCUT2D eigenvalue weighted by atomic mass is 9.92. The number of hydrogen-bond donors (Lipinski definition) is 1.